The van der Waals surface area contributed by atoms with E-state index in [1.54, 1.807) is 29.2 Å². The summed E-state index contributed by atoms with van der Waals surface area (Å²) in [6.45, 7) is 6.71. The first-order chi connectivity index (χ1) is 11.2. The SMILES string of the molecule is CC(C)(C)NC(=O)c1ccc(C(=O)N2CCC[C@@H](C(N)=O)C2)cc1. The second-order valence-electron chi connectivity index (χ2n) is 7.27. The molecule has 3 amide bonds. The number of benzene rings is 1. The molecule has 0 aliphatic carbocycles. The van der Waals surface area contributed by atoms with Crippen LogP contribution in [0, 0.1) is 5.92 Å². The summed E-state index contributed by atoms with van der Waals surface area (Å²) in [6.07, 6.45) is 1.50. The summed E-state index contributed by atoms with van der Waals surface area (Å²) in [5, 5.41) is 2.88. The number of carbonyl (C=O) groups excluding carboxylic acids is 3. The molecule has 0 bridgehead atoms. The first-order valence-electron chi connectivity index (χ1n) is 8.18. The molecule has 24 heavy (non-hydrogen) atoms. The molecule has 6 heteroatoms. The number of amides is 3. The summed E-state index contributed by atoms with van der Waals surface area (Å²) < 4.78 is 0. The molecule has 3 N–H and O–H groups in total. The van der Waals surface area contributed by atoms with Crippen molar-refractivity contribution in [3.05, 3.63) is 35.4 Å². The first-order valence-corrected chi connectivity index (χ1v) is 8.18. The van der Waals surface area contributed by atoms with Crippen molar-refractivity contribution in [2.45, 2.75) is 39.2 Å². The van der Waals surface area contributed by atoms with Gasteiger partial charge in [0.25, 0.3) is 11.8 Å². The molecule has 1 aliphatic heterocycles. The zero-order valence-corrected chi connectivity index (χ0v) is 14.5. The van der Waals surface area contributed by atoms with Gasteiger partial charge in [0.2, 0.25) is 5.91 Å². The maximum atomic E-state index is 12.6. The Bertz CT molecular complexity index is 632. The van der Waals surface area contributed by atoms with Gasteiger partial charge in [-0.1, -0.05) is 0 Å². The van der Waals surface area contributed by atoms with E-state index in [-0.39, 0.29) is 29.2 Å². The molecule has 1 fully saturated rings. The Morgan fingerprint density at radius 1 is 1.12 bits per heavy atom. The maximum Gasteiger partial charge on any atom is 0.253 e. The molecule has 130 valence electrons. The molecule has 1 saturated heterocycles. The van der Waals surface area contributed by atoms with Gasteiger partial charge in [-0.2, -0.15) is 0 Å². The minimum absolute atomic E-state index is 0.135. The molecule has 2 rings (SSSR count). The van der Waals surface area contributed by atoms with Gasteiger partial charge < -0.3 is 16.0 Å². The molecule has 0 radical (unpaired) electrons. The molecule has 1 atom stereocenters. The van der Waals surface area contributed by atoms with Gasteiger partial charge in [0.1, 0.15) is 0 Å². The monoisotopic (exact) mass is 331 g/mol. The van der Waals surface area contributed by atoms with Crippen LogP contribution < -0.4 is 11.1 Å². The summed E-state index contributed by atoms with van der Waals surface area (Å²) >= 11 is 0. The fraction of sp³-hybridized carbons (Fsp3) is 0.500. The number of hydrogen-bond acceptors (Lipinski definition) is 3. The molecule has 1 heterocycles. The molecule has 1 aliphatic rings. The van der Waals surface area contributed by atoms with Gasteiger partial charge in [-0.25, -0.2) is 0 Å². The average molecular weight is 331 g/mol. The number of nitrogens with two attached hydrogens (primary N) is 1. The zero-order valence-electron chi connectivity index (χ0n) is 14.5. The minimum Gasteiger partial charge on any atom is -0.369 e. The van der Waals surface area contributed by atoms with E-state index < -0.39 is 0 Å². The average Bonchev–Trinajstić information content (AvgIpc) is 2.53. The summed E-state index contributed by atoms with van der Waals surface area (Å²) in [5.41, 5.74) is 6.05. The van der Waals surface area contributed by atoms with Crippen molar-refractivity contribution in [3.8, 4) is 0 Å². The van der Waals surface area contributed by atoms with Gasteiger partial charge in [-0.15, -0.1) is 0 Å². The highest BCUT2D eigenvalue weighted by atomic mass is 16.2. The molecule has 0 saturated carbocycles. The molecule has 0 spiro atoms. The third-order valence-corrected chi connectivity index (χ3v) is 3.99. The predicted octanol–water partition coefficient (Wildman–Crippen LogP) is 1.55. The van der Waals surface area contributed by atoms with Crippen LogP contribution in [0.5, 0.6) is 0 Å². The second kappa shape index (κ2) is 7.03. The lowest BCUT2D eigenvalue weighted by atomic mass is 9.97. The topological polar surface area (TPSA) is 92.5 Å². The van der Waals surface area contributed by atoms with Crippen LogP contribution in [0.2, 0.25) is 0 Å². The number of primary amides is 1. The van der Waals surface area contributed by atoms with Gasteiger partial charge in [-0.05, 0) is 57.9 Å². The largest absolute Gasteiger partial charge is 0.369 e. The number of rotatable bonds is 3. The van der Waals surface area contributed by atoms with Gasteiger partial charge in [0, 0.05) is 29.8 Å². The Morgan fingerprint density at radius 3 is 2.25 bits per heavy atom. The van der Waals surface area contributed by atoms with Gasteiger partial charge in [0.05, 0.1) is 5.92 Å². The van der Waals surface area contributed by atoms with Crippen LogP contribution in [0.25, 0.3) is 0 Å². The standard InChI is InChI=1S/C18H25N3O3/c1-18(2,3)20-16(23)12-6-8-13(9-7-12)17(24)21-10-4-5-14(11-21)15(19)22/h6-9,14H,4-5,10-11H2,1-3H3,(H2,19,22)(H,20,23)/t14-/m1/s1. The van der Waals surface area contributed by atoms with E-state index in [2.05, 4.69) is 5.32 Å². The first kappa shape index (κ1) is 18.0. The molecule has 6 nitrogen and oxygen atoms in total. The third-order valence-electron chi connectivity index (χ3n) is 3.99. The lowest BCUT2D eigenvalue weighted by Crippen LogP contribution is -2.44. The van der Waals surface area contributed by atoms with E-state index in [9.17, 15) is 14.4 Å². The molecular formula is C18H25N3O3. The van der Waals surface area contributed by atoms with E-state index in [0.29, 0.717) is 24.2 Å². The van der Waals surface area contributed by atoms with Crippen LogP contribution in [0.1, 0.15) is 54.3 Å². The van der Waals surface area contributed by atoms with Gasteiger partial charge in [-0.3, -0.25) is 14.4 Å². The Morgan fingerprint density at radius 2 is 1.71 bits per heavy atom. The Hall–Kier alpha value is -2.37. The molecule has 1 aromatic rings. The van der Waals surface area contributed by atoms with Gasteiger partial charge >= 0.3 is 0 Å². The predicted molar refractivity (Wildman–Crippen MR) is 91.5 cm³/mol. The summed E-state index contributed by atoms with van der Waals surface area (Å²) in [7, 11) is 0. The number of nitrogens with zero attached hydrogens (tertiary/aromatic N) is 1. The van der Waals surface area contributed by atoms with E-state index in [1.807, 2.05) is 20.8 Å². The van der Waals surface area contributed by atoms with E-state index in [4.69, 9.17) is 5.73 Å². The number of likely N-dealkylation sites (tertiary alicyclic amines) is 1. The van der Waals surface area contributed by atoms with E-state index in [0.717, 1.165) is 12.8 Å². The maximum absolute atomic E-state index is 12.6. The van der Waals surface area contributed by atoms with Crippen molar-refractivity contribution in [3.63, 3.8) is 0 Å². The smallest absolute Gasteiger partial charge is 0.253 e. The summed E-state index contributed by atoms with van der Waals surface area (Å²) in [5.74, 6) is -0.946. The quantitative estimate of drug-likeness (QED) is 0.880. The summed E-state index contributed by atoms with van der Waals surface area (Å²) in [4.78, 5) is 37.6. The normalized spacial score (nSPS) is 18.1. The van der Waals surface area contributed by atoms with E-state index >= 15 is 0 Å². The highest BCUT2D eigenvalue weighted by Crippen LogP contribution is 2.18. The second-order valence-corrected chi connectivity index (χ2v) is 7.27. The van der Waals surface area contributed by atoms with Gasteiger partial charge in [0.15, 0.2) is 0 Å². The van der Waals surface area contributed by atoms with Crippen LogP contribution in [-0.4, -0.2) is 41.2 Å². The highest BCUT2D eigenvalue weighted by molar-refractivity contribution is 5.98. The van der Waals surface area contributed by atoms with Crippen LogP contribution in [0.4, 0.5) is 0 Å². The van der Waals surface area contributed by atoms with Crippen molar-refractivity contribution in [1.82, 2.24) is 10.2 Å². The van der Waals surface area contributed by atoms with Crippen molar-refractivity contribution < 1.29 is 14.4 Å². The van der Waals surface area contributed by atoms with Crippen molar-refractivity contribution in [2.24, 2.45) is 11.7 Å². The number of carbonyl (C=O) groups is 3. The van der Waals surface area contributed by atoms with Crippen molar-refractivity contribution >= 4 is 17.7 Å². The minimum atomic E-state index is -0.360. The number of nitrogens with one attached hydrogen (secondary N) is 1. The van der Waals surface area contributed by atoms with Crippen LogP contribution >= 0.6 is 0 Å². The molecular weight excluding hydrogens is 306 g/mol. The zero-order chi connectivity index (χ0) is 17.9. The Balaban J connectivity index is 2.06. The lowest BCUT2D eigenvalue weighted by Gasteiger charge is -2.31. The number of piperidine rings is 1. The van der Waals surface area contributed by atoms with Crippen LogP contribution in [0.3, 0.4) is 0 Å². The Kier molecular flexibility index (Phi) is 5.26. The fourth-order valence-corrected chi connectivity index (χ4v) is 2.75. The van der Waals surface area contributed by atoms with Crippen molar-refractivity contribution in [2.75, 3.05) is 13.1 Å². The molecule has 0 aromatic heterocycles. The lowest BCUT2D eigenvalue weighted by molar-refractivity contribution is -0.123. The van der Waals surface area contributed by atoms with Crippen LogP contribution in [0.15, 0.2) is 24.3 Å². The number of hydrogen-bond donors (Lipinski definition) is 2. The molecule has 0 unspecified atom stereocenters. The van der Waals surface area contributed by atoms with Crippen molar-refractivity contribution in [1.29, 1.82) is 0 Å². The highest BCUT2D eigenvalue weighted by Gasteiger charge is 2.27. The van der Waals surface area contributed by atoms with Crippen LogP contribution in [-0.2, 0) is 4.79 Å². The summed E-state index contributed by atoms with van der Waals surface area (Å²) in [6, 6.07) is 6.58. The Labute approximate surface area is 142 Å². The van der Waals surface area contributed by atoms with E-state index in [1.165, 1.54) is 0 Å². The molecule has 1 aromatic carbocycles. The fourth-order valence-electron chi connectivity index (χ4n) is 2.75. The third kappa shape index (κ3) is 4.57.